The van der Waals surface area contributed by atoms with E-state index in [9.17, 15) is 14.4 Å². The maximum atomic E-state index is 13.6. The second kappa shape index (κ2) is 11.1. The molecule has 0 unspecified atom stereocenters. The van der Waals surface area contributed by atoms with Crippen molar-refractivity contribution in [1.82, 2.24) is 25.1 Å². The molecule has 0 aliphatic carbocycles. The SMILES string of the molecule is CCN1CC(=O)N2[C@@H](C(C)C)C(=O)N(Cc3ccc(Cl)cc3Cl)C[C@@H]2N1C(=O)NCc1ccccc1. The maximum Gasteiger partial charge on any atom is 0.334 e. The first-order chi connectivity index (χ1) is 17.2. The van der Waals surface area contributed by atoms with Gasteiger partial charge in [-0.25, -0.2) is 14.8 Å². The van der Waals surface area contributed by atoms with Gasteiger partial charge < -0.3 is 15.1 Å². The lowest BCUT2D eigenvalue weighted by Crippen LogP contribution is -2.77. The normalized spacial score (nSPS) is 20.7. The molecule has 0 radical (unpaired) electrons. The van der Waals surface area contributed by atoms with Crippen molar-refractivity contribution < 1.29 is 14.4 Å². The van der Waals surface area contributed by atoms with E-state index in [1.54, 1.807) is 38.0 Å². The van der Waals surface area contributed by atoms with Crippen LogP contribution in [0.3, 0.4) is 0 Å². The fourth-order valence-electron chi connectivity index (χ4n) is 4.87. The third-order valence-electron chi connectivity index (χ3n) is 6.63. The first-order valence-electron chi connectivity index (χ1n) is 12.1. The van der Waals surface area contributed by atoms with Crippen LogP contribution in [0.15, 0.2) is 48.5 Å². The molecule has 0 saturated carbocycles. The molecule has 192 valence electrons. The number of hydrazine groups is 1. The second-order valence-electron chi connectivity index (χ2n) is 9.39. The minimum atomic E-state index is -0.689. The molecule has 2 saturated heterocycles. The highest BCUT2D eigenvalue weighted by Crippen LogP contribution is 2.31. The number of amides is 4. The third kappa shape index (κ3) is 5.31. The predicted octanol–water partition coefficient (Wildman–Crippen LogP) is 3.98. The van der Waals surface area contributed by atoms with Crippen LogP contribution in [0.2, 0.25) is 10.0 Å². The lowest BCUT2D eigenvalue weighted by Gasteiger charge is -2.55. The number of rotatable bonds is 6. The maximum absolute atomic E-state index is 13.6. The molecule has 0 aromatic heterocycles. The van der Waals surface area contributed by atoms with Crippen molar-refractivity contribution in [3.05, 3.63) is 69.7 Å². The Balaban J connectivity index is 1.65. The number of likely N-dealkylation sites (N-methyl/N-ethyl adjacent to an activating group) is 1. The van der Waals surface area contributed by atoms with Crippen molar-refractivity contribution in [1.29, 1.82) is 0 Å². The van der Waals surface area contributed by atoms with Gasteiger partial charge in [0.1, 0.15) is 12.2 Å². The summed E-state index contributed by atoms with van der Waals surface area (Å²) in [5, 5.41) is 7.30. The molecule has 4 amide bonds. The molecule has 2 aliphatic heterocycles. The zero-order valence-corrected chi connectivity index (χ0v) is 22.2. The number of nitrogens with zero attached hydrogens (tertiary/aromatic N) is 4. The number of fused-ring (bicyclic) bond motifs is 1. The molecular weight excluding hydrogens is 501 g/mol. The van der Waals surface area contributed by atoms with Gasteiger partial charge in [-0.3, -0.25) is 9.59 Å². The van der Waals surface area contributed by atoms with E-state index in [2.05, 4.69) is 5.32 Å². The molecule has 10 heteroatoms. The van der Waals surface area contributed by atoms with Gasteiger partial charge in [-0.1, -0.05) is 80.4 Å². The molecule has 2 aromatic carbocycles. The molecule has 2 aromatic rings. The van der Waals surface area contributed by atoms with Crippen LogP contribution in [-0.4, -0.2) is 69.5 Å². The van der Waals surface area contributed by atoms with Crippen LogP contribution < -0.4 is 5.32 Å². The molecule has 0 bridgehead atoms. The number of nitrogens with one attached hydrogen (secondary N) is 1. The van der Waals surface area contributed by atoms with Crippen LogP contribution in [0.25, 0.3) is 0 Å². The Labute approximate surface area is 221 Å². The lowest BCUT2D eigenvalue weighted by atomic mass is 9.95. The van der Waals surface area contributed by atoms with Crippen molar-refractivity contribution >= 4 is 41.0 Å². The molecule has 2 atom stereocenters. The molecule has 36 heavy (non-hydrogen) atoms. The van der Waals surface area contributed by atoms with E-state index >= 15 is 0 Å². The van der Waals surface area contributed by atoms with E-state index in [1.807, 2.05) is 51.1 Å². The molecule has 8 nitrogen and oxygen atoms in total. The van der Waals surface area contributed by atoms with Crippen LogP contribution in [0.5, 0.6) is 0 Å². The van der Waals surface area contributed by atoms with E-state index in [0.29, 0.717) is 23.1 Å². The summed E-state index contributed by atoms with van der Waals surface area (Å²) in [4.78, 5) is 43.7. The number of piperazine rings is 1. The van der Waals surface area contributed by atoms with E-state index in [0.717, 1.165) is 11.1 Å². The Bertz CT molecular complexity index is 1130. The molecule has 2 fully saturated rings. The molecular formula is C26H31Cl2N5O3. The number of hydrogen-bond donors (Lipinski definition) is 1. The average Bonchev–Trinajstić information content (AvgIpc) is 2.85. The molecule has 1 N–H and O–H groups in total. The molecule has 2 aliphatic rings. The zero-order valence-electron chi connectivity index (χ0n) is 20.7. The highest BCUT2D eigenvalue weighted by molar-refractivity contribution is 6.35. The van der Waals surface area contributed by atoms with Crippen molar-refractivity contribution in [2.75, 3.05) is 19.6 Å². The summed E-state index contributed by atoms with van der Waals surface area (Å²) in [6.07, 6.45) is -0.641. The van der Waals surface area contributed by atoms with Crippen LogP contribution >= 0.6 is 23.2 Å². The third-order valence-corrected chi connectivity index (χ3v) is 7.22. The van der Waals surface area contributed by atoms with Gasteiger partial charge in [0.2, 0.25) is 11.8 Å². The van der Waals surface area contributed by atoms with Gasteiger partial charge in [-0.05, 0) is 29.2 Å². The van der Waals surface area contributed by atoms with Crippen LogP contribution in [-0.2, 0) is 22.7 Å². The van der Waals surface area contributed by atoms with Crippen LogP contribution in [0.4, 0.5) is 4.79 Å². The number of hydrogen-bond acceptors (Lipinski definition) is 4. The van der Waals surface area contributed by atoms with Gasteiger partial charge in [0.25, 0.3) is 0 Å². The molecule has 4 rings (SSSR count). The smallest absolute Gasteiger partial charge is 0.333 e. The Morgan fingerprint density at radius 2 is 1.83 bits per heavy atom. The van der Waals surface area contributed by atoms with Crippen molar-refractivity contribution in [2.24, 2.45) is 5.92 Å². The van der Waals surface area contributed by atoms with Gasteiger partial charge in [0.05, 0.1) is 13.1 Å². The minimum Gasteiger partial charge on any atom is -0.333 e. The van der Waals surface area contributed by atoms with E-state index in [-0.39, 0.29) is 43.4 Å². The summed E-state index contributed by atoms with van der Waals surface area (Å²) < 4.78 is 0. The highest BCUT2D eigenvalue weighted by atomic mass is 35.5. The van der Waals surface area contributed by atoms with Gasteiger partial charge in [0.15, 0.2) is 0 Å². The van der Waals surface area contributed by atoms with Crippen molar-refractivity contribution in [3.8, 4) is 0 Å². The predicted molar refractivity (Wildman–Crippen MR) is 139 cm³/mol. The number of urea groups is 1. The summed E-state index contributed by atoms with van der Waals surface area (Å²) in [6, 6.07) is 13.8. The van der Waals surface area contributed by atoms with Gasteiger partial charge in [-0.15, -0.1) is 0 Å². The number of benzene rings is 2. The first-order valence-corrected chi connectivity index (χ1v) is 12.9. The summed E-state index contributed by atoms with van der Waals surface area (Å²) in [5.41, 5.74) is 1.72. The Hall–Kier alpha value is -2.81. The van der Waals surface area contributed by atoms with Crippen LogP contribution in [0, 0.1) is 5.92 Å². The van der Waals surface area contributed by atoms with E-state index < -0.39 is 12.2 Å². The van der Waals surface area contributed by atoms with Crippen LogP contribution in [0.1, 0.15) is 31.9 Å². The standard InChI is InChI=1S/C26H31Cl2N5O3/c1-4-31-16-23(34)32-22(33(31)26(36)29-13-18-8-6-5-7-9-18)15-30(25(35)24(32)17(2)3)14-19-10-11-20(27)12-21(19)28/h5-12,17,22,24H,4,13-16H2,1-3H3,(H,29,36)/t22-,24-/m0/s1. The van der Waals surface area contributed by atoms with Crippen molar-refractivity contribution in [2.45, 2.75) is 46.1 Å². The van der Waals surface area contributed by atoms with Gasteiger partial charge in [0, 0.05) is 29.7 Å². The topological polar surface area (TPSA) is 76.2 Å². The highest BCUT2D eigenvalue weighted by Gasteiger charge is 2.51. The quantitative estimate of drug-likeness (QED) is 0.611. The summed E-state index contributed by atoms with van der Waals surface area (Å²) in [7, 11) is 0. The first kappa shape index (κ1) is 26.3. The van der Waals surface area contributed by atoms with E-state index in [1.165, 1.54) is 0 Å². The fourth-order valence-corrected chi connectivity index (χ4v) is 5.34. The van der Waals surface area contributed by atoms with E-state index in [4.69, 9.17) is 23.2 Å². The molecule has 0 spiro atoms. The number of carbonyl (C=O) groups excluding carboxylic acids is 3. The Morgan fingerprint density at radius 1 is 1.11 bits per heavy atom. The van der Waals surface area contributed by atoms with Gasteiger partial charge >= 0.3 is 6.03 Å². The lowest BCUT2D eigenvalue weighted by molar-refractivity contribution is -0.193. The Morgan fingerprint density at radius 3 is 2.47 bits per heavy atom. The zero-order chi connectivity index (χ0) is 26.0. The minimum absolute atomic E-state index is 0.0330. The monoisotopic (exact) mass is 531 g/mol. The molecule has 2 heterocycles. The van der Waals surface area contributed by atoms with Crippen molar-refractivity contribution in [3.63, 3.8) is 0 Å². The second-order valence-corrected chi connectivity index (χ2v) is 10.2. The number of carbonyl (C=O) groups is 3. The number of halogens is 2. The summed E-state index contributed by atoms with van der Waals surface area (Å²) >= 11 is 12.5. The largest absolute Gasteiger partial charge is 0.334 e. The Kier molecular flexibility index (Phi) is 8.07. The fraction of sp³-hybridized carbons (Fsp3) is 0.423. The summed E-state index contributed by atoms with van der Waals surface area (Å²) in [5.74, 6) is -0.463. The average molecular weight is 532 g/mol. The summed E-state index contributed by atoms with van der Waals surface area (Å²) in [6.45, 7) is 7.01. The van der Waals surface area contributed by atoms with Gasteiger partial charge in [-0.2, -0.15) is 0 Å².